The van der Waals surface area contributed by atoms with Gasteiger partial charge in [-0.05, 0) is 13.0 Å². The molecule has 0 saturated carbocycles. The molecule has 0 aliphatic carbocycles. The van der Waals surface area contributed by atoms with Crippen LogP contribution in [0, 0.1) is 5.41 Å². The summed E-state index contributed by atoms with van der Waals surface area (Å²) < 4.78 is 5.19. The van der Waals surface area contributed by atoms with Crippen molar-refractivity contribution in [1.29, 1.82) is 5.41 Å². The van der Waals surface area contributed by atoms with E-state index in [0.29, 0.717) is 0 Å². The second-order valence-electron chi connectivity index (χ2n) is 2.59. The van der Waals surface area contributed by atoms with E-state index in [1.807, 2.05) is 37.3 Å². The number of methoxy groups -OCH3 is 1. The zero-order valence-corrected chi connectivity index (χ0v) is 7.87. The third-order valence-corrected chi connectivity index (χ3v) is 1.86. The standard InChI is InChI=1S/C11H13NO/c1-3-11(13-2)10-7-5-4-6-9(10)8-12/h3-8,12H,1-2H3/b11-3+,12-8?. The lowest BCUT2D eigenvalue weighted by Gasteiger charge is -2.07. The second kappa shape index (κ2) is 4.45. The average Bonchev–Trinajstić information content (AvgIpc) is 2.20. The van der Waals surface area contributed by atoms with Crippen LogP contribution >= 0.6 is 0 Å². The Labute approximate surface area is 78.4 Å². The highest BCUT2D eigenvalue weighted by Crippen LogP contribution is 2.17. The summed E-state index contributed by atoms with van der Waals surface area (Å²) in [5.41, 5.74) is 1.83. The van der Waals surface area contributed by atoms with Crippen LogP contribution in [-0.4, -0.2) is 13.3 Å². The molecule has 2 nitrogen and oxygen atoms in total. The highest BCUT2D eigenvalue weighted by atomic mass is 16.5. The fourth-order valence-electron chi connectivity index (χ4n) is 1.23. The highest BCUT2D eigenvalue weighted by molar-refractivity contribution is 5.85. The van der Waals surface area contributed by atoms with E-state index in [1.54, 1.807) is 7.11 Å². The first kappa shape index (κ1) is 9.52. The van der Waals surface area contributed by atoms with Gasteiger partial charge in [0.25, 0.3) is 0 Å². The van der Waals surface area contributed by atoms with Crippen LogP contribution < -0.4 is 0 Å². The van der Waals surface area contributed by atoms with E-state index in [1.165, 1.54) is 6.21 Å². The number of benzene rings is 1. The van der Waals surface area contributed by atoms with E-state index in [2.05, 4.69) is 0 Å². The zero-order valence-electron chi connectivity index (χ0n) is 7.87. The van der Waals surface area contributed by atoms with Crippen LogP contribution in [0.4, 0.5) is 0 Å². The normalized spacial score (nSPS) is 11.1. The Morgan fingerprint density at radius 1 is 1.38 bits per heavy atom. The van der Waals surface area contributed by atoms with Gasteiger partial charge in [-0.1, -0.05) is 24.3 Å². The fourth-order valence-corrected chi connectivity index (χ4v) is 1.23. The Hall–Kier alpha value is -1.57. The van der Waals surface area contributed by atoms with Gasteiger partial charge in [0.1, 0.15) is 5.76 Å². The van der Waals surface area contributed by atoms with Crippen molar-refractivity contribution < 1.29 is 4.74 Å². The van der Waals surface area contributed by atoms with Crippen molar-refractivity contribution in [3.05, 3.63) is 41.5 Å². The van der Waals surface area contributed by atoms with Crippen LogP contribution in [0.15, 0.2) is 30.3 Å². The monoisotopic (exact) mass is 175 g/mol. The van der Waals surface area contributed by atoms with Crippen molar-refractivity contribution in [3.63, 3.8) is 0 Å². The van der Waals surface area contributed by atoms with E-state index >= 15 is 0 Å². The van der Waals surface area contributed by atoms with E-state index in [4.69, 9.17) is 10.1 Å². The number of nitrogens with one attached hydrogen (secondary N) is 1. The molecule has 1 N–H and O–H groups in total. The minimum atomic E-state index is 0.805. The number of ether oxygens (including phenoxy) is 1. The molecule has 0 aliphatic rings. The van der Waals surface area contributed by atoms with Gasteiger partial charge in [-0.25, -0.2) is 0 Å². The SMILES string of the molecule is C/C=C(/OC)c1ccccc1C=N. The molecular formula is C11H13NO. The minimum Gasteiger partial charge on any atom is -0.496 e. The summed E-state index contributed by atoms with van der Waals surface area (Å²) in [5, 5.41) is 7.22. The van der Waals surface area contributed by atoms with Gasteiger partial charge in [0.2, 0.25) is 0 Å². The molecule has 0 saturated heterocycles. The number of rotatable bonds is 3. The van der Waals surface area contributed by atoms with Gasteiger partial charge in [-0.15, -0.1) is 0 Å². The third kappa shape index (κ3) is 1.96. The summed E-state index contributed by atoms with van der Waals surface area (Å²) in [6.45, 7) is 1.92. The van der Waals surface area contributed by atoms with Crippen LogP contribution in [-0.2, 0) is 4.74 Å². The molecule has 1 aromatic carbocycles. The van der Waals surface area contributed by atoms with Gasteiger partial charge in [-0.3, -0.25) is 0 Å². The van der Waals surface area contributed by atoms with Crippen LogP contribution in [0.25, 0.3) is 5.76 Å². The molecule has 0 bridgehead atoms. The van der Waals surface area contributed by atoms with E-state index < -0.39 is 0 Å². The van der Waals surface area contributed by atoms with Gasteiger partial charge < -0.3 is 10.1 Å². The number of allylic oxidation sites excluding steroid dienone is 1. The molecule has 0 unspecified atom stereocenters. The molecule has 0 atom stereocenters. The van der Waals surface area contributed by atoms with E-state index in [0.717, 1.165) is 16.9 Å². The average molecular weight is 175 g/mol. The molecular weight excluding hydrogens is 162 g/mol. The molecule has 0 aromatic heterocycles. The smallest absolute Gasteiger partial charge is 0.122 e. The van der Waals surface area contributed by atoms with Crippen molar-refractivity contribution in [2.45, 2.75) is 6.92 Å². The van der Waals surface area contributed by atoms with Crippen molar-refractivity contribution in [1.82, 2.24) is 0 Å². The third-order valence-electron chi connectivity index (χ3n) is 1.86. The molecule has 0 aliphatic heterocycles. The first-order valence-electron chi connectivity index (χ1n) is 4.13. The van der Waals surface area contributed by atoms with Crippen LogP contribution in [0.3, 0.4) is 0 Å². The molecule has 0 radical (unpaired) electrons. The minimum absolute atomic E-state index is 0.805. The Bertz CT molecular complexity index is 329. The van der Waals surface area contributed by atoms with Gasteiger partial charge >= 0.3 is 0 Å². The molecule has 2 heteroatoms. The summed E-state index contributed by atoms with van der Waals surface area (Å²) in [7, 11) is 1.63. The lowest BCUT2D eigenvalue weighted by molar-refractivity contribution is 0.369. The molecule has 0 heterocycles. The quantitative estimate of drug-likeness (QED) is 0.556. The molecule has 13 heavy (non-hydrogen) atoms. The topological polar surface area (TPSA) is 33.1 Å². The Morgan fingerprint density at radius 2 is 2.08 bits per heavy atom. The first-order chi connectivity index (χ1) is 6.33. The lowest BCUT2D eigenvalue weighted by Crippen LogP contribution is -1.93. The maximum Gasteiger partial charge on any atom is 0.122 e. The second-order valence-corrected chi connectivity index (χ2v) is 2.59. The maximum atomic E-state index is 7.22. The Kier molecular flexibility index (Phi) is 3.26. The van der Waals surface area contributed by atoms with Gasteiger partial charge in [-0.2, -0.15) is 0 Å². The zero-order chi connectivity index (χ0) is 9.68. The Balaban J connectivity index is 3.19. The summed E-state index contributed by atoms with van der Waals surface area (Å²) in [6, 6.07) is 7.68. The summed E-state index contributed by atoms with van der Waals surface area (Å²) in [4.78, 5) is 0. The lowest BCUT2D eigenvalue weighted by atomic mass is 10.1. The van der Waals surface area contributed by atoms with Gasteiger partial charge in [0.05, 0.1) is 7.11 Å². The van der Waals surface area contributed by atoms with Gasteiger partial charge in [0, 0.05) is 17.3 Å². The number of hydrogen-bond donors (Lipinski definition) is 1. The summed E-state index contributed by atoms with van der Waals surface area (Å²) in [6.07, 6.45) is 3.22. The van der Waals surface area contributed by atoms with Crippen molar-refractivity contribution >= 4 is 12.0 Å². The van der Waals surface area contributed by atoms with Crippen LogP contribution in [0.5, 0.6) is 0 Å². The Morgan fingerprint density at radius 3 is 2.62 bits per heavy atom. The predicted molar refractivity (Wildman–Crippen MR) is 55.0 cm³/mol. The van der Waals surface area contributed by atoms with E-state index in [9.17, 15) is 0 Å². The summed E-state index contributed by atoms with van der Waals surface area (Å²) >= 11 is 0. The molecule has 1 aromatic rings. The van der Waals surface area contributed by atoms with Crippen LogP contribution in [0.2, 0.25) is 0 Å². The highest BCUT2D eigenvalue weighted by Gasteiger charge is 2.03. The van der Waals surface area contributed by atoms with Crippen molar-refractivity contribution in [3.8, 4) is 0 Å². The van der Waals surface area contributed by atoms with Crippen molar-refractivity contribution in [2.75, 3.05) is 7.11 Å². The molecule has 0 amide bonds. The first-order valence-corrected chi connectivity index (χ1v) is 4.13. The maximum absolute atomic E-state index is 7.22. The molecule has 0 spiro atoms. The van der Waals surface area contributed by atoms with E-state index in [-0.39, 0.29) is 0 Å². The fraction of sp³-hybridized carbons (Fsp3) is 0.182. The molecule has 0 fully saturated rings. The molecule has 1 rings (SSSR count). The summed E-state index contributed by atoms with van der Waals surface area (Å²) in [5.74, 6) is 0.805. The molecule has 68 valence electrons. The van der Waals surface area contributed by atoms with Crippen molar-refractivity contribution in [2.24, 2.45) is 0 Å². The van der Waals surface area contributed by atoms with Gasteiger partial charge in [0.15, 0.2) is 0 Å². The number of hydrogen-bond acceptors (Lipinski definition) is 2. The predicted octanol–water partition coefficient (Wildman–Crippen LogP) is 2.69. The largest absolute Gasteiger partial charge is 0.496 e. The van der Waals surface area contributed by atoms with Crippen LogP contribution in [0.1, 0.15) is 18.1 Å².